The maximum Gasteiger partial charge on any atom is 0.0396 e. The van der Waals surface area contributed by atoms with Crippen LogP contribution in [0.1, 0.15) is 57.6 Å². The smallest absolute Gasteiger partial charge is 0.0396 e. The van der Waals surface area contributed by atoms with Gasteiger partial charge in [-0.15, -0.1) is 0 Å². The topological polar surface area (TPSA) is 15.3 Å². The second-order valence-corrected chi connectivity index (χ2v) is 6.50. The number of nitrogens with zero attached hydrogens (tertiary/aromatic N) is 1. The molecule has 0 bridgehead atoms. The molecule has 1 aromatic carbocycles. The van der Waals surface area contributed by atoms with E-state index in [1.165, 1.54) is 49.0 Å². The summed E-state index contributed by atoms with van der Waals surface area (Å²) in [7, 11) is 0. The van der Waals surface area contributed by atoms with E-state index >= 15 is 0 Å². The average Bonchev–Trinajstić information content (AvgIpc) is 3.32. The van der Waals surface area contributed by atoms with Crippen molar-refractivity contribution in [3.63, 3.8) is 0 Å². The highest BCUT2D eigenvalue weighted by Gasteiger charge is 2.20. The quantitative estimate of drug-likeness (QED) is 0.719. The maximum atomic E-state index is 3.60. The Labute approximate surface area is 130 Å². The molecule has 1 aliphatic rings. The van der Waals surface area contributed by atoms with Gasteiger partial charge in [-0.1, -0.05) is 38.8 Å². The highest BCUT2D eigenvalue weighted by atomic mass is 15.1. The molecule has 2 heteroatoms. The Hall–Kier alpha value is -1.02. The number of rotatable bonds is 9. The summed E-state index contributed by atoms with van der Waals surface area (Å²) in [5.74, 6) is 0.806. The third kappa shape index (κ3) is 4.74. The number of benzene rings is 1. The van der Waals surface area contributed by atoms with Gasteiger partial charge in [0.1, 0.15) is 0 Å². The summed E-state index contributed by atoms with van der Waals surface area (Å²) >= 11 is 0. The first-order chi connectivity index (χ1) is 10.2. The second-order valence-electron chi connectivity index (χ2n) is 6.50. The summed E-state index contributed by atoms with van der Waals surface area (Å²) in [6.45, 7) is 12.4. The molecule has 0 saturated heterocycles. The number of aryl methyl sites for hydroxylation is 1. The molecule has 0 aromatic heterocycles. The van der Waals surface area contributed by atoms with Crippen molar-refractivity contribution in [3.05, 3.63) is 29.3 Å². The lowest BCUT2D eigenvalue weighted by atomic mass is 10.0. The van der Waals surface area contributed by atoms with Gasteiger partial charge in [0.2, 0.25) is 0 Å². The number of hydrogen-bond donors (Lipinski definition) is 1. The maximum absolute atomic E-state index is 3.60. The standard InChI is InChI=1S/C19H32N2/c1-5-16(6-2)14-21(7-3)19-11-8-17(12-15(19)4)13-20-18-9-10-18/h8,11-12,16,18,20H,5-7,9-10,13-14H2,1-4H3. The van der Waals surface area contributed by atoms with Crippen LogP contribution in [0.4, 0.5) is 5.69 Å². The van der Waals surface area contributed by atoms with Crippen LogP contribution in [0.15, 0.2) is 18.2 Å². The molecule has 0 radical (unpaired) electrons. The van der Waals surface area contributed by atoms with Gasteiger partial charge in [-0.3, -0.25) is 0 Å². The average molecular weight is 288 g/mol. The van der Waals surface area contributed by atoms with Crippen LogP contribution in [0.25, 0.3) is 0 Å². The molecule has 1 N–H and O–H groups in total. The Morgan fingerprint density at radius 2 is 1.90 bits per heavy atom. The third-order valence-corrected chi connectivity index (χ3v) is 4.79. The van der Waals surface area contributed by atoms with E-state index < -0.39 is 0 Å². The first kappa shape index (κ1) is 16.4. The number of nitrogens with one attached hydrogen (secondary N) is 1. The van der Waals surface area contributed by atoms with E-state index in [2.05, 4.69) is 56.1 Å². The Morgan fingerprint density at radius 1 is 1.19 bits per heavy atom. The predicted molar refractivity (Wildman–Crippen MR) is 93.0 cm³/mol. The van der Waals surface area contributed by atoms with E-state index in [4.69, 9.17) is 0 Å². The van der Waals surface area contributed by atoms with E-state index in [0.29, 0.717) is 0 Å². The summed E-state index contributed by atoms with van der Waals surface area (Å²) < 4.78 is 0. The van der Waals surface area contributed by atoms with Crippen LogP contribution in [-0.2, 0) is 6.54 Å². The fourth-order valence-electron chi connectivity index (χ4n) is 2.99. The summed E-state index contributed by atoms with van der Waals surface area (Å²) in [5.41, 5.74) is 4.25. The molecule has 21 heavy (non-hydrogen) atoms. The molecule has 1 aliphatic carbocycles. The zero-order valence-electron chi connectivity index (χ0n) is 14.3. The van der Waals surface area contributed by atoms with Crippen molar-refractivity contribution < 1.29 is 0 Å². The molecular formula is C19H32N2. The van der Waals surface area contributed by atoms with E-state index in [1.807, 2.05) is 0 Å². The molecule has 2 nitrogen and oxygen atoms in total. The highest BCUT2D eigenvalue weighted by Crippen LogP contribution is 2.24. The minimum Gasteiger partial charge on any atom is -0.371 e. The van der Waals surface area contributed by atoms with Crippen molar-refractivity contribution in [1.82, 2.24) is 5.32 Å². The molecule has 1 fully saturated rings. The molecule has 118 valence electrons. The number of anilines is 1. The Kier molecular flexibility index (Phi) is 6.10. The normalized spacial score (nSPS) is 14.7. The van der Waals surface area contributed by atoms with Gasteiger partial charge in [-0.05, 0) is 49.8 Å². The van der Waals surface area contributed by atoms with Crippen LogP contribution in [-0.4, -0.2) is 19.1 Å². The van der Waals surface area contributed by atoms with Crippen molar-refractivity contribution >= 4 is 5.69 Å². The molecule has 0 unspecified atom stereocenters. The van der Waals surface area contributed by atoms with E-state index in [1.54, 1.807) is 0 Å². The van der Waals surface area contributed by atoms with Crippen molar-refractivity contribution in [2.45, 2.75) is 66.0 Å². The summed E-state index contributed by atoms with van der Waals surface area (Å²) in [4.78, 5) is 2.55. The lowest BCUT2D eigenvalue weighted by molar-refractivity contribution is 0.486. The van der Waals surface area contributed by atoms with Crippen LogP contribution < -0.4 is 10.2 Å². The summed E-state index contributed by atoms with van der Waals surface area (Å²) in [5, 5.41) is 3.60. The van der Waals surface area contributed by atoms with Gasteiger partial charge in [-0.25, -0.2) is 0 Å². The summed E-state index contributed by atoms with van der Waals surface area (Å²) in [6.07, 6.45) is 5.26. The molecule has 1 saturated carbocycles. The number of hydrogen-bond acceptors (Lipinski definition) is 2. The minimum atomic E-state index is 0.784. The van der Waals surface area contributed by atoms with Crippen molar-refractivity contribution in [2.24, 2.45) is 5.92 Å². The largest absolute Gasteiger partial charge is 0.371 e. The lowest BCUT2D eigenvalue weighted by Gasteiger charge is -2.29. The first-order valence-electron chi connectivity index (χ1n) is 8.75. The van der Waals surface area contributed by atoms with E-state index in [-0.39, 0.29) is 0 Å². The fraction of sp³-hybridized carbons (Fsp3) is 0.684. The van der Waals surface area contributed by atoms with Crippen LogP contribution >= 0.6 is 0 Å². The van der Waals surface area contributed by atoms with Crippen molar-refractivity contribution in [3.8, 4) is 0 Å². The van der Waals surface area contributed by atoms with Gasteiger partial charge < -0.3 is 10.2 Å². The Balaban J connectivity index is 2.02. The SMILES string of the molecule is CCC(CC)CN(CC)c1ccc(CNC2CC2)cc1C. The summed E-state index contributed by atoms with van der Waals surface area (Å²) in [6, 6.07) is 7.77. The van der Waals surface area contributed by atoms with Crippen LogP contribution in [0.3, 0.4) is 0 Å². The molecule has 0 spiro atoms. The third-order valence-electron chi connectivity index (χ3n) is 4.79. The molecule has 0 atom stereocenters. The van der Waals surface area contributed by atoms with Crippen molar-refractivity contribution in [2.75, 3.05) is 18.0 Å². The van der Waals surface area contributed by atoms with Gasteiger partial charge in [0.15, 0.2) is 0 Å². The molecule has 1 aromatic rings. The molecule has 0 heterocycles. The second kappa shape index (κ2) is 7.84. The minimum absolute atomic E-state index is 0.784. The first-order valence-corrected chi connectivity index (χ1v) is 8.75. The molecular weight excluding hydrogens is 256 g/mol. The molecule has 2 rings (SSSR count). The van der Waals surface area contributed by atoms with Gasteiger partial charge in [0.25, 0.3) is 0 Å². The monoisotopic (exact) mass is 288 g/mol. The highest BCUT2D eigenvalue weighted by molar-refractivity contribution is 5.54. The van der Waals surface area contributed by atoms with Crippen LogP contribution in [0.5, 0.6) is 0 Å². The van der Waals surface area contributed by atoms with Crippen molar-refractivity contribution in [1.29, 1.82) is 0 Å². The van der Waals surface area contributed by atoms with Gasteiger partial charge in [0.05, 0.1) is 0 Å². The fourth-order valence-corrected chi connectivity index (χ4v) is 2.99. The molecule has 0 amide bonds. The lowest BCUT2D eigenvalue weighted by Crippen LogP contribution is -2.29. The van der Waals surface area contributed by atoms with E-state index in [0.717, 1.165) is 25.0 Å². The van der Waals surface area contributed by atoms with Gasteiger partial charge >= 0.3 is 0 Å². The Bertz CT molecular complexity index is 433. The van der Waals surface area contributed by atoms with Gasteiger partial charge in [-0.2, -0.15) is 0 Å². The predicted octanol–water partition coefficient (Wildman–Crippen LogP) is 4.51. The van der Waals surface area contributed by atoms with Crippen LogP contribution in [0, 0.1) is 12.8 Å². The van der Waals surface area contributed by atoms with E-state index in [9.17, 15) is 0 Å². The van der Waals surface area contributed by atoms with Crippen LogP contribution in [0.2, 0.25) is 0 Å². The van der Waals surface area contributed by atoms with Gasteiger partial charge in [0, 0.05) is 31.4 Å². The Morgan fingerprint density at radius 3 is 2.43 bits per heavy atom. The zero-order chi connectivity index (χ0) is 15.2. The zero-order valence-corrected chi connectivity index (χ0v) is 14.3. The molecule has 0 aliphatic heterocycles.